The van der Waals surface area contributed by atoms with Gasteiger partial charge in [-0.05, 0) is 37.3 Å². The van der Waals surface area contributed by atoms with E-state index in [0.29, 0.717) is 31.1 Å². The number of hydrogen-bond acceptors (Lipinski definition) is 3. The highest BCUT2D eigenvalue weighted by molar-refractivity contribution is 5.39. The number of ether oxygens (including phenoxy) is 3. The molecule has 0 bridgehead atoms. The molecule has 0 unspecified atom stereocenters. The molecule has 24 heavy (non-hydrogen) atoms. The van der Waals surface area contributed by atoms with Crippen LogP contribution in [0.15, 0.2) is 48.5 Å². The second kappa shape index (κ2) is 8.47. The van der Waals surface area contributed by atoms with Crippen LogP contribution in [-0.4, -0.2) is 19.8 Å². The lowest BCUT2D eigenvalue weighted by atomic mass is 10.2. The van der Waals surface area contributed by atoms with Crippen molar-refractivity contribution in [2.75, 3.05) is 19.8 Å². The van der Waals surface area contributed by atoms with E-state index in [2.05, 4.69) is 0 Å². The van der Waals surface area contributed by atoms with Gasteiger partial charge in [-0.2, -0.15) is 13.2 Å². The Bertz CT molecular complexity index is 641. The zero-order valence-electron chi connectivity index (χ0n) is 13.3. The first kappa shape index (κ1) is 18.0. The summed E-state index contributed by atoms with van der Waals surface area (Å²) in [6.45, 7) is 3.07. The largest absolute Gasteiger partial charge is 0.493 e. The quantitative estimate of drug-likeness (QED) is 0.636. The highest BCUT2D eigenvalue weighted by Gasteiger charge is 2.30. The average Bonchev–Trinajstić information content (AvgIpc) is 2.56. The molecule has 3 nitrogen and oxygen atoms in total. The van der Waals surface area contributed by atoms with Gasteiger partial charge in [-0.3, -0.25) is 0 Å². The van der Waals surface area contributed by atoms with Crippen molar-refractivity contribution in [3.63, 3.8) is 0 Å². The number of halogens is 3. The first-order chi connectivity index (χ1) is 11.5. The van der Waals surface area contributed by atoms with E-state index in [0.717, 1.165) is 12.1 Å². The summed E-state index contributed by atoms with van der Waals surface area (Å²) >= 11 is 0. The summed E-state index contributed by atoms with van der Waals surface area (Å²) in [4.78, 5) is 0. The smallest absolute Gasteiger partial charge is 0.416 e. The number of benzene rings is 2. The maximum absolute atomic E-state index is 12.6. The van der Waals surface area contributed by atoms with E-state index < -0.39 is 11.7 Å². The molecule has 0 fully saturated rings. The van der Waals surface area contributed by atoms with Crippen molar-refractivity contribution in [2.45, 2.75) is 19.5 Å². The second-order valence-electron chi connectivity index (χ2n) is 4.96. The van der Waals surface area contributed by atoms with Gasteiger partial charge in [-0.1, -0.05) is 18.2 Å². The van der Waals surface area contributed by atoms with Crippen LogP contribution in [0.5, 0.6) is 17.2 Å². The Morgan fingerprint density at radius 2 is 1.50 bits per heavy atom. The van der Waals surface area contributed by atoms with Gasteiger partial charge in [-0.25, -0.2) is 0 Å². The van der Waals surface area contributed by atoms with Gasteiger partial charge in [0.05, 0.1) is 25.4 Å². The molecule has 6 heteroatoms. The molecule has 0 aromatic heterocycles. The van der Waals surface area contributed by atoms with E-state index in [-0.39, 0.29) is 12.4 Å². The predicted octanol–water partition coefficient (Wildman–Crippen LogP) is 4.95. The van der Waals surface area contributed by atoms with Crippen LogP contribution in [0.4, 0.5) is 13.2 Å². The van der Waals surface area contributed by atoms with Gasteiger partial charge >= 0.3 is 6.18 Å². The molecule has 0 heterocycles. The molecule has 2 aromatic carbocycles. The first-order valence-corrected chi connectivity index (χ1v) is 7.65. The van der Waals surface area contributed by atoms with Gasteiger partial charge in [0, 0.05) is 6.42 Å². The molecule has 0 N–H and O–H groups in total. The molecule has 0 aliphatic carbocycles. The Labute approximate surface area is 139 Å². The minimum Gasteiger partial charge on any atom is -0.493 e. The summed E-state index contributed by atoms with van der Waals surface area (Å²) < 4.78 is 54.2. The highest BCUT2D eigenvalue weighted by atomic mass is 19.4. The van der Waals surface area contributed by atoms with Crippen LogP contribution >= 0.6 is 0 Å². The van der Waals surface area contributed by atoms with Crippen molar-refractivity contribution in [2.24, 2.45) is 0 Å². The standard InChI is InChI=1S/C18H19F3O3/c1-2-22-16-9-3-4-10-17(16)24-12-6-11-23-15-8-5-7-14(13-15)18(19,20)21/h3-5,7-10,13H,2,6,11-12H2,1H3. The van der Waals surface area contributed by atoms with Gasteiger partial charge < -0.3 is 14.2 Å². The number of alkyl halides is 3. The van der Waals surface area contributed by atoms with Gasteiger partial charge in [0.2, 0.25) is 0 Å². The van der Waals surface area contributed by atoms with Gasteiger partial charge in [0.25, 0.3) is 0 Å². The van der Waals surface area contributed by atoms with E-state index in [1.807, 2.05) is 25.1 Å². The second-order valence-corrected chi connectivity index (χ2v) is 4.96. The molecule has 0 aliphatic heterocycles. The van der Waals surface area contributed by atoms with Crippen molar-refractivity contribution >= 4 is 0 Å². The Kier molecular flexibility index (Phi) is 6.35. The summed E-state index contributed by atoms with van der Waals surface area (Å²) in [6.07, 6.45) is -3.83. The summed E-state index contributed by atoms with van der Waals surface area (Å²) in [6, 6.07) is 12.2. The van der Waals surface area contributed by atoms with Crippen molar-refractivity contribution < 1.29 is 27.4 Å². The predicted molar refractivity (Wildman–Crippen MR) is 84.7 cm³/mol. The molecule has 0 radical (unpaired) electrons. The fraction of sp³-hybridized carbons (Fsp3) is 0.333. The third kappa shape index (κ3) is 5.37. The van der Waals surface area contributed by atoms with E-state index in [9.17, 15) is 13.2 Å². The fourth-order valence-corrected chi connectivity index (χ4v) is 2.04. The third-order valence-electron chi connectivity index (χ3n) is 3.13. The molecule has 0 saturated carbocycles. The summed E-state index contributed by atoms with van der Waals surface area (Å²) in [7, 11) is 0. The summed E-state index contributed by atoms with van der Waals surface area (Å²) in [5.74, 6) is 1.50. The topological polar surface area (TPSA) is 27.7 Å². The molecule has 0 spiro atoms. The number of para-hydroxylation sites is 2. The van der Waals surface area contributed by atoms with Crippen LogP contribution in [0.2, 0.25) is 0 Å². The van der Waals surface area contributed by atoms with Crippen molar-refractivity contribution in [1.82, 2.24) is 0 Å². The Hall–Kier alpha value is -2.37. The van der Waals surface area contributed by atoms with Crippen LogP contribution in [0.25, 0.3) is 0 Å². The Morgan fingerprint density at radius 3 is 2.17 bits per heavy atom. The lowest BCUT2D eigenvalue weighted by Crippen LogP contribution is -2.08. The van der Waals surface area contributed by atoms with Crippen LogP contribution in [0, 0.1) is 0 Å². The average molecular weight is 340 g/mol. The normalized spacial score (nSPS) is 11.2. The van der Waals surface area contributed by atoms with Gasteiger partial charge in [-0.15, -0.1) is 0 Å². The minimum absolute atomic E-state index is 0.194. The molecular weight excluding hydrogens is 321 g/mol. The first-order valence-electron chi connectivity index (χ1n) is 7.65. The Morgan fingerprint density at radius 1 is 0.833 bits per heavy atom. The molecule has 0 atom stereocenters. The number of rotatable bonds is 8. The van der Waals surface area contributed by atoms with Crippen LogP contribution < -0.4 is 14.2 Å². The molecule has 2 aromatic rings. The highest BCUT2D eigenvalue weighted by Crippen LogP contribution is 2.31. The zero-order valence-corrected chi connectivity index (χ0v) is 13.3. The van der Waals surface area contributed by atoms with Crippen LogP contribution in [-0.2, 0) is 6.18 Å². The SMILES string of the molecule is CCOc1ccccc1OCCCOc1cccc(C(F)(F)F)c1. The summed E-state index contributed by atoms with van der Waals surface area (Å²) in [5.41, 5.74) is -0.720. The van der Waals surface area contributed by atoms with E-state index in [1.165, 1.54) is 12.1 Å². The fourth-order valence-electron chi connectivity index (χ4n) is 2.04. The molecule has 0 saturated heterocycles. The number of hydrogen-bond donors (Lipinski definition) is 0. The molecule has 0 amide bonds. The lowest BCUT2D eigenvalue weighted by molar-refractivity contribution is -0.137. The van der Waals surface area contributed by atoms with E-state index >= 15 is 0 Å². The minimum atomic E-state index is -4.37. The van der Waals surface area contributed by atoms with Crippen LogP contribution in [0.1, 0.15) is 18.9 Å². The van der Waals surface area contributed by atoms with Gasteiger partial charge in [0.15, 0.2) is 11.5 Å². The lowest BCUT2D eigenvalue weighted by Gasteiger charge is -2.12. The van der Waals surface area contributed by atoms with Crippen LogP contribution in [0.3, 0.4) is 0 Å². The maximum atomic E-state index is 12.6. The molecule has 130 valence electrons. The molecule has 0 aliphatic rings. The zero-order chi connectivity index (χ0) is 17.4. The molecule has 2 rings (SSSR count). The van der Waals surface area contributed by atoms with E-state index in [4.69, 9.17) is 14.2 Å². The maximum Gasteiger partial charge on any atom is 0.416 e. The van der Waals surface area contributed by atoms with Crippen molar-refractivity contribution in [1.29, 1.82) is 0 Å². The monoisotopic (exact) mass is 340 g/mol. The van der Waals surface area contributed by atoms with E-state index in [1.54, 1.807) is 6.07 Å². The van der Waals surface area contributed by atoms with Crippen molar-refractivity contribution in [3.8, 4) is 17.2 Å². The molecular formula is C18H19F3O3. The third-order valence-corrected chi connectivity index (χ3v) is 3.13. The Balaban J connectivity index is 1.78. The van der Waals surface area contributed by atoms with Crippen molar-refractivity contribution in [3.05, 3.63) is 54.1 Å². The summed E-state index contributed by atoms with van der Waals surface area (Å²) in [5, 5.41) is 0. The van der Waals surface area contributed by atoms with Gasteiger partial charge in [0.1, 0.15) is 5.75 Å².